The molecule has 1 heterocycles. The zero-order chi connectivity index (χ0) is 13.1. The normalized spacial score (nSPS) is 14.1. The monoisotopic (exact) mass is 277 g/mol. The van der Waals surface area contributed by atoms with E-state index >= 15 is 0 Å². The highest BCUT2D eigenvalue weighted by Gasteiger charge is 2.32. The summed E-state index contributed by atoms with van der Waals surface area (Å²) in [7, 11) is 0. The molecule has 0 amide bonds. The molecule has 2 N–H and O–H groups in total. The molecule has 0 aliphatic heterocycles. The molecule has 1 rings (SSSR count). The molecule has 0 radical (unpaired) electrons. The second kappa shape index (κ2) is 5.51. The number of anilines is 1. The highest BCUT2D eigenvalue weighted by atomic mass is 35.5. The van der Waals surface area contributed by atoms with Gasteiger partial charge >= 0.3 is 5.97 Å². The van der Waals surface area contributed by atoms with Gasteiger partial charge in [0.2, 0.25) is 0 Å². The van der Waals surface area contributed by atoms with Gasteiger partial charge in [0, 0.05) is 6.07 Å². The van der Waals surface area contributed by atoms with Gasteiger partial charge in [0.05, 0.1) is 5.69 Å². The fourth-order valence-electron chi connectivity index (χ4n) is 1.46. The summed E-state index contributed by atoms with van der Waals surface area (Å²) in [5, 5.41) is 19.5. The molecule has 0 aliphatic carbocycles. The van der Waals surface area contributed by atoms with Crippen LogP contribution in [-0.4, -0.2) is 26.8 Å². The highest BCUT2D eigenvalue weighted by Crippen LogP contribution is 2.26. The van der Waals surface area contributed by atoms with Gasteiger partial charge < -0.3 is 10.4 Å². The Kier molecular flexibility index (Phi) is 4.54. The van der Waals surface area contributed by atoms with Crippen LogP contribution >= 0.6 is 23.2 Å². The lowest BCUT2D eigenvalue weighted by molar-refractivity contribution is -0.141. The Balaban J connectivity index is 3.01. The number of carboxylic acid groups (broad SMARTS) is 1. The van der Waals surface area contributed by atoms with Crippen LogP contribution in [0.2, 0.25) is 10.3 Å². The minimum Gasteiger partial charge on any atom is -0.480 e. The van der Waals surface area contributed by atoms with Crippen LogP contribution < -0.4 is 5.32 Å². The van der Waals surface area contributed by atoms with E-state index in [1.54, 1.807) is 6.92 Å². The summed E-state index contributed by atoms with van der Waals surface area (Å²) in [6, 6.07) is 1.45. The van der Waals surface area contributed by atoms with E-state index in [2.05, 4.69) is 15.5 Å². The van der Waals surface area contributed by atoms with Crippen LogP contribution in [0.5, 0.6) is 0 Å². The van der Waals surface area contributed by atoms with Crippen LogP contribution in [-0.2, 0) is 4.79 Å². The van der Waals surface area contributed by atoms with Crippen molar-refractivity contribution in [3.63, 3.8) is 0 Å². The zero-order valence-electron chi connectivity index (χ0n) is 9.50. The molecule has 1 atom stereocenters. The van der Waals surface area contributed by atoms with E-state index in [0.717, 1.165) is 6.42 Å². The first kappa shape index (κ1) is 14.0. The van der Waals surface area contributed by atoms with Crippen molar-refractivity contribution in [3.05, 3.63) is 16.4 Å². The summed E-state index contributed by atoms with van der Waals surface area (Å²) in [6.45, 7) is 3.49. The Morgan fingerprint density at radius 2 is 2.18 bits per heavy atom. The minimum absolute atomic E-state index is 0.0954. The number of halogens is 2. The Morgan fingerprint density at radius 3 is 2.71 bits per heavy atom. The molecule has 0 spiro atoms. The minimum atomic E-state index is -1.11. The second-order valence-electron chi connectivity index (χ2n) is 3.88. The summed E-state index contributed by atoms with van der Waals surface area (Å²) < 4.78 is 0. The lowest BCUT2D eigenvalue weighted by Gasteiger charge is -2.27. The van der Waals surface area contributed by atoms with Crippen molar-refractivity contribution >= 4 is 34.9 Å². The lowest BCUT2D eigenvalue weighted by atomic mass is 9.96. The Labute approximate surface area is 109 Å². The third-order valence-corrected chi connectivity index (χ3v) is 2.82. The van der Waals surface area contributed by atoms with E-state index in [1.165, 1.54) is 6.07 Å². The first-order chi connectivity index (χ1) is 7.89. The Hall–Kier alpha value is -1.07. The number of hydrogen-bond acceptors (Lipinski definition) is 4. The first-order valence-corrected chi connectivity index (χ1v) is 5.85. The zero-order valence-corrected chi connectivity index (χ0v) is 11.0. The summed E-state index contributed by atoms with van der Waals surface area (Å²) in [4.78, 5) is 11.2. The number of aromatic nitrogens is 2. The summed E-state index contributed by atoms with van der Waals surface area (Å²) in [5.74, 6) is -0.955. The number of carboxylic acids is 1. The maximum Gasteiger partial charge on any atom is 0.329 e. The molecule has 1 aromatic rings. The van der Waals surface area contributed by atoms with Gasteiger partial charge in [0.15, 0.2) is 10.3 Å². The molecule has 1 unspecified atom stereocenters. The molecule has 17 heavy (non-hydrogen) atoms. The molecule has 0 aliphatic rings. The van der Waals surface area contributed by atoms with Crippen LogP contribution in [0.3, 0.4) is 0 Å². The van der Waals surface area contributed by atoms with E-state index in [4.69, 9.17) is 23.2 Å². The first-order valence-electron chi connectivity index (χ1n) is 5.09. The number of carbonyl (C=O) groups is 1. The molecule has 0 saturated carbocycles. The van der Waals surface area contributed by atoms with Crippen molar-refractivity contribution in [1.29, 1.82) is 0 Å². The van der Waals surface area contributed by atoms with Gasteiger partial charge in [-0.2, -0.15) is 0 Å². The van der Waals surface area contributed by atoms with Gasteiger partial charge in [-0.15, -0.1) is 10.2 Å². The summed E-state index contributed by atoms with van der Waals surface area (Å²) in [5.41, 5.74) is -0.741. The van der Waals surface area contributed by atoms with Gasteiger partial charge in [0.1, 0.15) is 5.54 Å². The average molecular weight is 278 g/mol. The van der Waals surface area contributed by atoms with E-state index in [-0.39, 0.29) is 10.3 Å². The number of aliphatic carboxylic acids is 1. The van der Waals surface area contributed by atoms with E-state index in [9.17, 15) is 9.90 Å². The topological polar surface area (TPSA) is 75.1 Å². The fourth-order valence-corrected chi connectivity index (χ4v) is 1.75. The number of rotatable bonds is 5. The predicted octanol–water partition coefficient (Wildman–Crippen LogP) is 2.84. The largest absolute Gasteiger partial charge is 0.480 e. The molecular formula is C10H13Cl2N3O2. The molecular weight excluding hydrogens is 265 g/mol. The summed E-state index contributed by atoms with van der Waals surface area (Å²) in [6.07, 6.45) is 1.18. The number of nitrogens with one attached hydrogen (secondary N) is 1. The van der Waals surface area contributed by atoms with Crippen molar-refractivity contribution in [2.75, 3.05) is 5.32 Å². The lowest BCUT2D eigenvalue weighted by Crippen LogP contribution is -2.43. The van der Waals surface area contributed by atoms with Crippen LogP contribution in [0.1, 0.15) is 26.7 Å². The van der Waals surface area contributed by atoms with Gasteiger partial charge in [-0.1, -0.05) is 36.5 Å². The maximum atomic E-state index is 11.2. The van der Waals surface area contributed by atoms with E-state index in [1.807, 2.05) is 6.92 Å². The SMILES string of the molecule is CCCC(C)(Nc1cc(Cl)nnc1Cl)C(=O)O. The third-order valence-electron chi connectivity index (χ3n) is 2.35. The molecule has 0 fully saturated rings. The predicted molar refractivity (Wildman–Crippen MR) is 66.6 cm³/mol. The van der Waals surface area contributed by atoms with Crippen LogP contribution in [0, 0.1) is 0 Å². The molecule has 7 heteroatoms. The quantitative estimate of drug-likeness (QED) is 0.866. The van der Waals surface area contributed by atoms with Gasteiger partial charge in [-0.05, 0) is 13.3 Å². The summed E-state index contributed by atoms with van der Waals surface area (Å²) >= 11 is 11.5. The standard InChI is InChI=1S/C10H13Cl2N3O2/c1-3-4-10(2,9(16)17)13-6-5-7(11)14-15-8(6)12/h5H,3-4H2,1-2H3,(H,13,14)(H,16,17). The smallest absolute Gasteiger partial charge is 0.329 e. The van der Waals surface area contributed by atoms with E-state index < -0.39 is 11.5 Å². The molecule has 94 valence electrons. The van der Waals surface area contributed by atoms with Crippen LogP contribution in [0.4, 0.5) is 5.69 Å². The Bertz CT molecular complexity index is 428. The van der Waals surface area contributed by atoms with Crippen molar-refractivity contribution in [3.8, 4) is 0 Å². The van der Waals surface area contributed by atoms with Gasteiger partial charge in [-0.3, -0.25) is 0 Å². The molecule has 1 aromatic heterocycles. The van der Waals surface area contributed by atoms with Crippen molar-refractivity contribution in [1.82, 2.24) is 10.2 Å². The number of nitrogens with zero attached hydrogens (tertiary/aromatic N) is 2. The van der Waals surface area contributed by atoms with Gasteiger partial charge in [0.25, 0.3) is 0 Å². The maximum absolute atomic E-state index is 11.2. The average Bonchev–Trinajstić information content (AvgIpc) is 2.23. The van der Waals surface area contributed by atoms with E-state index in [0.29, 0.717) is 12.1 Å². The molecule has 0 aromatic carbocycles. The third kappa shape index (κ3) is 3.44. The van der Waals surface area contributed by atoms with Crippen LogP contribution in [0.15, 0.2) is 6.07 Å². The van der Waals surface area contributed by atoms with Crippen molar-refractivity contribution < 1.29 is 9.90 Å². The van der Waals surface area contributed by atoms with Crippen molar-refractivity contribution in [2.45, 2.75) is 32.2 Å². The fraction of sp³-hybridized carbons (Fsp3) is 0.500. The molecule has 5 nitrogen and oxygen atoms in total. The number of hydrogen-bond donors (Lipinski definition) is 2. The second-order valence-corrected chi connectivity index (χ2v) is 4.63. The highest BCUT2D eigenvalue weighted by molar-refractivity contribution is 6.33. The van der Waals surface area contributed by atoms with Gasteiger partial charge in [-0.25, -0.2) is 4.79 Å². The van der Waals surface area contributed by atoms with Crippen molar-refractivity contribution in [2.24, 2.45) is 0 Å². The molecule has 0 saturated heterocycles. The molecule has 0 bridgehead atoms. The Morgan fingerprint density at radius 1 is 1.53 bits per heavy atom. The van der Waals surface area contributed by atoms with Crippen LogP contribution in [0.25, 0.3) is 0 Å².